The summed E-state index contributed by atoms with van der Waals surface area (Å²) in [5, 5.41) is 8.98. The number of aliphatic hydroxyl groups is 1. The molecule has 12 heavy (non-hydrogen) atoms. The van der Waals surface area contributed by atoms with E-state index in [9.17, 15) is 4.79 Å². The minimum atomic E-state index is -0.973. The van der Waals surface area contributed by atoms with Gasteiger partial charge in [-0.15, -0.1) is 0 Å². The third-order valence-electron chi connectivity index (χ3n) is 1.55. The Bertz CT molecular complexity index is 294. The molecule has 0 aromatic carbocycles. The topological polar surface area (TPSA) is 50.2 Å². The number of nitrogens with zero attached hydrogens (tertiary/aromatic N) is 1. The highest BCUT2D eigenvalue weighted by atomic mass is 16.3. The maximum Gasteiger partial charge on any atom is 0.209 e. The third-order valence-corrected chi connectivity index (χ3v) is 1.55. The summed E-state index contributed by atoms with van der Waals surface area (Å²) in [6.07, 6.45) is 0.588. The molecule has 0 fully saturated rings. The second-order valence-corrected chi connectivity index (χ2v) is 2.76. The van der Waals surface area contributed by atoms with E-state index in [1.165, 1.54) is 6.92 Å². The van der Waals surface area contributed by atoms with E-state index in [1.807, 2.05) is 6.92 Å². The van der Waals surface area contributed by atoms with Gasteiger partial charge in [-0.3, -0.25) is 9.78 Å². The van der Waals surface area contributed by atoms with E-state index in [4.69, 9.17) is 5.11 Å². The standard InChI is InChI=1S/C9H11NO2/c1-6-3-4-10-8(5-6)9(12)7(2)11/h3-5,7,11H,1-2H3. The van der Waals surface area contributed by atoms with E-state index >= 15 is 0 Å². The van der Waals surface area contributed by atoms with Gasteiger partial charge in [0.2, 0.25) is 5.78 Å². The summed E-state index contributed by atoms with van der Waals surface area (Å²) in [5.74, 6) is -0.335. The molecule has 0 bridgehead atoms. The van der Waals surface area contributed by atoms with Gasteiger partial charge in [0.15, 0.2) is 0 Å². The van der Waals surface area contributed by atoms with Gasteiger partial charge in [-0.1, -0.05) is 0 Å². The molecule has 1 heterocycles. The zero-order valence-electron chi connectivity index (χ0n) is 7.11. The smallest absolute Gasteiger partial charge is 0.209 e. The molecule has 0 aliphatic heterocycles. The molecule has 0 saturated heterocycles. The summed E-state index contributed by atoms with van der Waals surface area (Å²) in [6.45, 7) is 3.31. The van der Waals surface area contributed by atoms with Crippen molar-refractivity contribution in [2.75, 3.05) is 0 Å². The number of ketones is 1. The molecule has 1 aromatic heterocycles. The van der Waals surface area contributed by atoms with Crippen molar-refractivity contribution in [2.45, 2.75) is 20.0 Å². The van der Waals surface area contributed by atoms with E-state index in [0.29, 0.717) is 5.69 Å². The second-order valence-electron chi connectivity index (χ2n) is 2.76. The Hall–Kier alpha value is -1.22. The SMILES string of the molecule is Cc1ccnc(C(=O)C(C)O)c1. The van der Waals surface area contributed by atoms with Crippen LogP contribution in [0.1, 0.15) is 23.0 Å². The van der Waals surface area contributed by atoms with Crippen molar-refractivity contribution in [3.8, 4) is 0 Å². The lowest BCUT2D eigenvalue weighted by atomic mass is 10.1. The predicted octanol–water partition coefficient (Wildman–Crippen LogP) is 0.954. The maximum absolute atomic E-state index is 11.2. The summed E-state index contributed by atoms with van der Waals surface area (Å²) in [7, 11) is 0. The number of hydrogen-bond donors (Lipinski definition) is 1. The lowest BCUT2D eigenvalue weighted by molar-refractivity contribution is 0.0774. The lowest BCUT2D eigenvalue weighted by Gasteiger charge is -2.02. The van der Waals surface area contributed by atoms with Gasteiger partial charge in [-0.2, -0.15) is 0 Å². The van der Waals surface area contributed by atoms with Crippen molar-refractivity contribution in [3.63, 3.8) is 0 Å². The van der Waals surface area contributed by atoms with Crippen LogP contribution < -0.4 is 0 Å². The van der Waals surface area contributed by atoms with Crippen molar-refractivity contribution in [1.82, 2.24) is 4.98 Å². The number of carbonyl (C=O) groups is 1. The van der Waals surface area contributed by atoms with Crippen LogP contribution in [-0.4, -0.2) is 22.0 Å². The van der Waals surface area contributed by atoms with Gasteiger partial charge in [0.05, 0.1) is 0 Å². The van der Waals surface area contributed by atoms with Gasteiger partial charge in [-0.25, -0.2) is 0 Å². The molecule has 0 radical (unpaired) electrons. The van der Waals surface area contributed by atoms with Crippen LogP contribution in [0.5, 0.6) is 0 Å². The molecule has 1 N–H and O–H groups in total. The number of pyridine rings is 1. The highest BCUT2D eigenvalue weighted by Crippen LogP contribution is 2.02. The molecule has 1 rings (SSSR count). The summed E-state index contributed by atoms with van der Waals surface area (Å²) < 4.78 is 0. The molecule has 0 amide bonds. The molecule has 0 saturated carbocycles. The number of carbonyl (C=O) groups excluding carboxylic acids is 1. The van der Waals surface area contributed by atoms with Crippen molar-refractivity contribution < 1.29 is 9.90 Å². The molecule has 1 aromatic rings. The summed E-state index contributed by atoms with van der Waals surface area (Å²) in [6, 6.07) is 3.47. The van der Waals surface area contributed by atoms with Crippen molar-refractivity contribution in [2.24, 2.45) is 0 Å². The average molecular weight is 165 g/mol. The van der Waals surface area contributed by atoms with Crippen molar-refractivity contribution in [3.05, 3.63) is 29.6 Å². The van der Waals surface area contributed by atoms with Gasteiger partial charge in [-0.05, 0) is 31.5 Å². The first kappa shape index (κ1) is 8.87. The van der Waals surface area contributed by atoms with Crippen LogP contribution in [0.15, 0.2) is 18.3 Å². The minimum absolute atomic E-state index is 0.324. The molecule has 3 heteroatoms. The Kier molecular flexibility index (Phi) is 2.55. The van der Waals surface area contributed by atoms with E-state index in [-0.39, 0.29) is 5.78 Å². The van der Waals surface area contributed by atoms with Crippen LogP contribution in [0.25, 0.3) is 0 Å². The predicted molar refractivity (Wildman–Crippen MR) is 45.0 cm³/mol. The van der Waals surface area contributed by atoms with Crippen LogP contribution in [0.4, 0.5) is 0 Å². The fourth-order valence-electron chi connectivity index (χ4n) is 0.885. The first-order valence-corrected chi connectivity index (χ1v) is 3.76. The number of rotatable bonds is 2. The summed E-state index contributed by atoms with van der Waals surface area (Å²) in [4.78, 5) is 15.0. The fourth-order valence-corrected chi connectivity index (χ4v) is 0.885. The van der Waals surface area contributed by atoms with E-state index in [2.05, 4.69) is 4.98 Å². The zero-order valence-corrected chi connectivity index (χ0v) is 7.11. The first-order valence-electron chi connectivity index (χ1n) is 3.76. The maximum atomic E-state index is 11.2. The molecular formula is C9H11NO2. The third kappa shape index (κ3) is 1.89. The Morgan fingerprint density at radius 3 is 2.83 bits per heavy atom. The van der Waals surface area contributed by atoms with Crippen LogP contribution >= 0.6 is 0 Å². The largest absolute Gasteiger partial charge is 0.385 e. The molecule has 0 spiro atoms. The molecular weight excluding hydrogens is 154 g/mol. The molecule has 1 atom stereocenters. The quantitative estimate of drug-likeness (QED) is 0.664. The van der Waals surface area contributed by atoms with Gasteiger partial charge in [0.25, 0.3) is 0 Å². The van der Waals surface area contributed by atoms with Crippen molar-refractivity contribution in [1.29, 1.82) is 0 Å². The lowest BCUT2D eigenvalue weighted by Crippen LogP contribution is -2.17. The van der Waals surface area contributed by atoms with Crippen molar-refractivity contribution >= 4 is 5.78 Å². The average Bonchev–Trinajstić information content (AvgIpc) is 2.03. The Balaban J connectivity index is 2.96. The molecule has 1 unspecified atom stereocenters. The second kappa shape index (κ2) is 3.45. The van der Waals surface area contributed by atoms with Gasteiger partial charge in [0, 0.05) is 6.20 Å². The first-order chi connectivity index (χ1) is 5.61. The van der Waals surface area contributed by atoms with Crippen LogP contribution in [0.2, 0.25) is 0 Å². The molecule has 0 aliphatic rings. The highest BCUT2D eigenvalue weighted by molar-refractivity contribution is 5.97. The summed E-state index contributed by atoms with van der Waals surface area (Å²) >= 11 is 0. The monoisotopic (exact) mass is 165 g/mol. The van der Waals surface area contributed by atoms with Crippen LogP contribution in [0.3, 0.4) is 0 Å². The highest BCUT2D eigenvalue weighted by Gasteiger charge is 2.12. The van der Waals surface area contributed by atoms with E-state index in [1.54, 1.807) is 18.3 Å². The number of aryl methyl sites for hydroxylation is 1. The Morgan fingerprint density at radius 2 is 2.33 bits per heavy atom. The molecule has 64 valence electrons. The number of hydrogen-bond acceptors (Lipinski definition) is 3. The molecule has 3 nitrogen and oxygen atoms in total. The minimum Gasteiger partial charge on any atom is -0.385 e. The number of aliphatic hydroxyl groups excluding tert-OH is 1. The van der Waals surface area contributed by atoms with E-state index < -0.39 is 6.10 Å². The van der Waals surface area contributed by atoms with Gasteiger partial charge < -0.3 is 5.11 Å². The Labute approximate surface area is 71.1 Å². The molecule has 0 aliphatic carbocycles. The normalized spacial score (nSPS) is 12.6. The van der Waals surface area contributed by atoms with Crippen LogP contribution in [0, 0.1) is 6.92 Å². The number of aromatic nitrogens is 1. The van der Waals surface area contributed by atoms with E-state index in [0.717, 1.165) is 5.56 Å². The number of Topliss-reactive ketones (excluding diaryl/α,β-unsaturated/α-hetero) is 1. The van der Waals surface area contributed by atoms with Gasteiger partial charge in [0.1, 0.15) is 11.8 Å². The zero-order chi connectivity index (χ0) is 9.14. The summed E-state index contributed by atoms with van der Waals surface area (Å²) in [5.41, 5.74) is 1.29. The van der Waals surface area contributed by atoms with Crippen LogP contribution in [-0.2, 0) is 0 Å². The Morgan fingerprint density at radius 1 is 1.67 bits per heavy atom. The van der Waals surface area contributed by atoms with Gasteiger partial charge >= 0.3 is 0 Å². The fraction of sp³-hybridized carbons (Fsp3) is 0.333.